The van der Waals surface area contributed by atoms with Crippen LogP contribution in [0.3, 0.4) is 0 Å². The maximum absolute atomic E-state index is 15.0. The van der Waals surface area contributed by atoms with Crippen molar-refractivity contribution in [2.45, 2.75) is 26.3 Å². The van der Waals surface area contributed by atoms with Crippen LogP contribution in [0.4, 0.5) is 20.2 Å². The molecule has 15 rings (SSSR count). The number of carbonyl (C=O) groups is 3. The molecule has 8 aromatic carbocycles. The standard InChI is InChI=1S/C28H21FN4O3.C28H22N4O4.C26H23FN4O3/c1-3-27(34)31-19-6-4-7-21(16-19)33-24-14-15-30-17-25(24)32(28(33)35)20-10-12-22(13-11-20)36-26-9-5-8-23(29)18(26)2;1-3-27(33)30-19-5-4-6-21(17-19)32-25-15-16-29-18-26(25)31(28(32)34)20-7-9-23(10-8-20)36-24-13-11-22(35-2)12-14-24;1-3-25(32)29-12-10-19(16-29)31-22-9-11-28-15-23(22)30(26(31)33)18-7-8-24(21(27)14-18)34-20-6-4-5-17(2)13-20/h3-17H,1H2,2H3,(H,31,34);3-18H,1H2,2H3,(H,30,33);3-9,11,13-15,19H,1,10,12,16H2,2H3/t;;19-/m..1/s1. The van der Waals surface area contributed by atoms with Gasteiger partial charge in [-0.2, -0.15) is 0 Å². The average molecular weight is 1420 g/mol. The number of likely N-dealkylation sites (tertiary alicyclic amines) is 1. The fourth-order valence-electron chi connectivity index (χ4n) is 12.3. The fourth-order valence-corrected chi connectivity index (χ4v) is 12.3. The molecule has 0 spiro atoms. The van der Waals surface area contributed by atoms with Crippen LogP contribution in [0.1, 0.15) is 23.6 Å². The third-order valence-corrected chi connectivity index (χ3v) is 17.4. The number of hydrogen-bond donors (Lipinski definition) is 2. The summed E-state index contributed by atoms with van der Waals surface area (Å²) in [4.78, 5) is 90.7. The number of ether oxygens (including phenoxy) is 4. The first-order valence-corrected chi connectivity index (χ1v) is 33.2. The molecule has 2 N–H and O–H groups in total. The molecule has 0 aliphatic carbocycles. The van der Waals surface area contributed by atoms with Gasteiger partial charge in [-0.1, -0.05) is 50.1 Å². The Bertz CT molecular complexity index is 5900. The van der Waals surface area contributed by atoms with E-state index in [9.17, 15) is 33.2 Å². The third kappa shape index (κ3) is 14.8. The highest BCUT2D eigenvalue weighted by atomic mass is 19.1. The van der Waals surface area contributed by atoms with Crippen molar-refractivity contribution in [2.24, 2.45) is 0 Å². The zero-order valence-corrected chi connectivity index (χ0v) is 57.4. The lowest BCUT2D eigenvalue weighted by molar-refractivity contribution is -0.125. The van der Waals surface area contributed by atoms with Crippen molar-refractivity contribution < 1.29 is 42.1 Å². The second-order valence-electron chi connectivity index (χ2n) is 24.2. The van der Waals surface area contributed by atoms with Crippen molar-refractivity contribution in [1.82, 2.24) is 47.3 Å². The van der Waals surface area contributed by atoms with Crippen molar-refractivity contribution in [3.05, 3.63) is 330 Å². The number of nitrogens with zero attached hydrogens (tertiary/aromatic N) is 10. The molecule has 14 aromatic rings. The first kappa shape index (κ1) is 70.2. The number of rotatable bonds is 18. The molecule has 1 aliphatic rings. The van der Waals surface area contributed by atoms with Gasteiger partial charge in [0, 0.05) is 54.7 Å². The quantitative estimate of drug-likeness (QED) is 0.0762. The highest BCUT2D eigenvalue weighted by molar-refractivity contribution is 6.00. The normalized spacial score (nSPS) is 12.3. The second kappa shape index (κ2) is 30.9. The average Bonchev–Trinajstić information content (AvgIpc) is 1.60. The molecule has 0 bridgehead atoms. The zero-order valence-electron chi connectivity index (χ0n) is 57.4. The van der Waals surface area contributed by atoms with Crippen LogP contribution < -0.4 is 46.7 Å². The van der Waals surface area contributed by atoms with Crippen LogP contribution in [0.15, 0.2) is 290 Å². The Balaban J connectivity index is 0.000000141. The summed E-state index contributed by atoms with van der Waals surface area (Å²) < 4.78 is 60.9. The largest absolute Gasteiger partial charge is 0.497 e. The number of carbonyl (C=O) groups excluding carboxylic acids is 3. The fraction of sp³-hybridized carbons (Fsp3) is 0.0854. The molecule has 0 radical (unpaired) electrons. The van der Waals surface area contributed by atoms with Crippen LogP contribution in [0, 0.1) is 25.5 Å². The van der Waals surface area contributed by atoms with Gasteiger partial charge in [-0.15, -0.1) is 0 Å². The smallest absolute Gasteiger partial charge is 0.338 e. The van der Waals surface area contributed by atoms with E-state index in [2.05, 4.69) is 45.3 Å². The Morgan fingerprint density at radius 2 is 0.915 bits per heavy atom. The number of methoxy groups -OCH3 is 1. The van der Waals surface area contributed by atoms with Crippen LogP contribution in [0.25, 0.3) is 61.5 Å². The summed E-state index contributed by atoms with van der Waals surface area (Å²) in [6.45, 7) is 15.0. The molecule has 3 amide bonds. The van der Waals surface area contributed by atoms with Gasteiger partial charge in [0.2, 0.25) is 17.7 Å². The van der Waals surface area contributed by atoms with Gasteiger partial charge in [-0.05, 0) is 208 Å². The maximum Gasteiger partial charge on any atom is 0.338 e. The Morgan fingerprint density at radius 1 is 0.453 bits per heavy atom. The van der Waals surface area contributed by atoms with E-state index in [0.717, 1.165) is 11.3 Å². The van der Waals surface area contributed by atoms with Crippen LogP contribution in [-0.2, 0) is 14.4 Å². The second-order valence-corrected chi connectivity index (χ2v) is 24.2. The van der Waals surface area contributed by atoms with E-state index in [1.54, 1.807) is 206 Å². The summed E-state index contributed by atoms with van der Waals surface area (Å²) in [7, 11) is 1.61. The van der Waals surface area contributed by atoms with Crippen LogP contribution in [-0.4, -0.2) is 85.2 Å². The van der Waals surface area contributed by atoms with E-state index < -0.39 is 5.82 Å². The number of pyridine rings is 3. The van der Waals surface area contributed by atoms with Gasteiger partial charge >= 0.3 is 17.1 Å². The molecular formula is C82H66F2N12O10. The predicted octanol–water partition coefficient (Wildman–Crippen LogP) is 15.0. The molecule has 1 saturated heterocycles. The summed E-state index contributed by atoms with van der Waals surface area (Å²) in [6.07, 6.45) is 14.0. The predicted molar refractivity (Wildman–Crippen MR) is 402 cm³/mol. The van der Waals surface area contributed by atoms with Crippen LogP contribution in [0.2, 0.25) is 0 Å². The van der Waals surface area contributed by atoms with Gasteiger partial charge in [0.05, 0.1) is 93.3 Å². The zero-order chi connectivity index (χ0) is 74.1. The molecule has 1 fully saturated rings. The van der Waals surface area contributed by atoms with Crippen molar-refractivity contribution >= 4 is 62.2 Å². The van der Waals surface area contributed by atoms with Crippen molar-refractivity contribution in [1.29, 1.82) is 0 Å². The van der Waals surface area contributed by atoms with Gasteiger partial charge in [0.15, 0.2) is 11.6 Å². The molecule has 1 aliphatic heterocycles. The number of benzene rings is 8. The number of nitrogens with one attached hydrogen (secondary N) is 2. The summed E-state index contributed by atoms with van der Waals surface area (Å²) in [6, 6.07) is 57.1. The summed E-state index contributed by atoms with van der Waals surface area (Å²) in [5.41, 5.74) is 8.28. The van der Waals surface area contributed by atoms with E-state index in [0.29, 0.717) is 127 Å². The third-order valence-electron chi connectivity index (χ3n) is 17.4. The number of aryl methyl sites for hydroxylation is 1. The lowest BCUT2D eigenvalue weighted by Crippen LogP contribution is -2.31. The van der Waals surface area contributed by atoms with Crippen LogP contribution in [0.5, 0.6) is 40.2 Å². The van der Waals surface area contributed by atoms with E-state index in [4.69, 9.17) is 18.9 Å². The van der Waals surface area contributed by atoms with Gasteiger partial charge < -0.3 is 34.5 Å². The molecule has 7 heterocycles. The molecular weight excluding hydrogens is 1350 g/mol. The van der Waals surface area contributed by atoms with Gasteiger partial charge in [0.1, 0.15) is 40.3 Å². The summed E-state index contributed by atoms with van der Waals surface area (Å²) >= 11 is 0. The first-order chi connectivity index (χ1) is 51.5. The van der Waals surface area contributed by atoms with Crippen molar-refractivity contribution in [3.8, 4) is 68.7 Å². The molecule has 6 aromatic heterocycles. The minimum atomic E-state index is -0.584. The molecule has 0 unspecified atom stereocenters. The molecule has 22 nitrogen and oxygen atoms in total. The molecule has 106 heavy (non-hydrogen) atoms. The number of imidazole rings is 3. The molecule has 1 atom stereocenters. The topological polar surface area (TPSA) is 235 Å². The lowest BCUT2D eigenvalue weighted by Gasteiger charge is -2.15. The lowest BCUT2D eigenvalue weighted by atomic mass is 10.2. The first-order valence-electron chi connectivity index (χ1n) is 33.2. The minimum absolute atomic E-state index is 0.0682. The maximum atomic E-state index is 15.0. The summed E-state index contributed by atoms with van der Waals surface area (Å²) in [5.74, 6) is 1.81. The minimum Gasteiger partial charge on any atom is -0.497 e. The Morgan fingerprint density at radius 3 is 1.44 bits per heavy atom. The number of fused-ring (bicyclic) bond motifs is 3. The van der Waals surface area contributed by atoms with E-state index in [1.807, 2.05) is 61.5 Å². The number of aromatic nitrogens is 9. The number of halogens is 2. The van der Waals surface area contributed by atoms with E-state index >= 15 is 4.39 Å². The van der Waals surface area contributed by atoms with E-state index in [-0.39, 0.29) is 52.4 Å². The number of amides is 3. The summed E-state index contributed by atoms with van der Waals surface area (Å²) in [5, 5.41) is 5.44. The van der Waals surface area contributed by atoms with Gasteiger partial charge in [-0.25, -0.2) is 23.2 Å². The van der Waals surface area contributed by atoms with Crippen LogP contribution >= 0.6 is 0 Å². The molecule has 528 valence electrons. The van der Waals surface area contributed by atoms with Crippen molar-refractivity contribution in [3.63, 3.8) is 0 Å². The van der Waals surface area contributed by atoms with E-state index in [1.165, 1.54) is 41.0 Å². The highest BCUT2D eigenvalue weighted by Crippen LogP contribution is 2.33. The van der Waals surface area contributed by atoms with Crippen molar-refractivity contribution in [2.75, 3.05) is 30.8 Å². The highest BCUT2D eigenvalue weighted by Gasteiger charge is 2.31. The number of hydrogen-bond acceptors (Lipinski definition) is 13. The Hall–Kier alpha value is -14.3. The molecule has 0 saturated carbocycles. The SMILES string of the molecule is C=CC(=O)N1CC[C@@H](n2c(=O)n(-c3ccc(Oc4cccc(C)c4)c(F)c3)c3cnccc32)C1.C=CC(=O)Nc1cccc(-n2c(=O)n(-c3ccc(Oc4ccc(OC)cc4)cc3)c3cnccc32)c1.C=CC(=O)Nc1cccc(-n2c(=O)n(-c3ccc(Oc4cccc(F)c4C)cc3)c3cnccc32)c1. The monoisotopic (exact) mass is 1420 g/mol. The van der Waals surface area contributed by atoms with Gasteiger partial charge in [0.25, 0.3) is 0 Å². The molecule has 24 heteroatoms. The Kier molecular flexibility index (Phi) is 20.5. The Labute approximate surface area is 604 Å². The van der Waals surface area contributed by atoms with Gasteiger partial charge in [-0.3, -0.25) is 56.7 Å². The number of anilines is 2.